The van der Waals surface area contributed by atoms with Crippen LogP contribution in [0.25, 0.3) is 0 Å². The highest BCUT2D eigenvalue weighted by Gasteiger charge is 2.04. The van der Waals surface area contributed by atoms with E-state index in [2.05, 4.69) is 29.6 Å². The van der Waals surface area contributed by atoms with Gasteiger partial charge in [-0.15, -0.1) is 6.58 Å². The molecule has 0 aliphatic rings. The summed E-state index contributed by atoms with van der Waals surface area (Å²) in [6.45, 7) is 8.12. The maximum atomic E-state index is 4.28. The van der Waals surface area contributed by atoms with Crippen LogP contribution in [0.2, 0.25) is 13.1 Å². The zero-order valence-electron chi connectivity index (χ0n) is 7.02. The summed E-state index contributed by atoms with van der Waals surface area (Å²) in [5, 5.41) is 0. The van der Waals surface area contributed by atoms with Crippen molar-refractivity contribution < 1.29 is 0 Å². The number of allylic oxidation sites excluding steroid dienone is 1. The summed E-state index contributed by atoms with van der Waals surface area (Å²) >= 11 is 0. The lowest BCUT2D eigenvalue weighted by Crippen LogP contribution is -2.26. The fourth-order valence-electron chi connectivity index (χ4n) is 0.872. The van der Waals surface area contributed by atoms with Crippen molar-refractivity contribution in [3.8, 4) is 0 Å². The zero-order valence-corrected chi connectivity index (χ0v) is 8.02. The Morgan fingerprint density at radius 1 is 1.73 bits per heavy atom. The zero-order chi connectivity index (χ0) is 8.27. The van der Waals surface area contributed by atoms with Gasteiger partial charge in [0.2, 0.25) is 0 Å². The second-order valence-corrected chi connectivity index (χ2v) is 5.22. The second-order valence-electron chi connectivity index (χ2n) is 2.75. The molecule has 0 atom stereocenters. The van der Waals surface area contributed by atoms with Crippen LogP contribution in [0.15, 0.2) is 18.9 Å². The first-order valence-corrected chi connectivity index (χ1v) is 6.19. The Bertz CT molecular complexity index is 240. The lowest BCUT2D eigenvalue weighted by atomic mass is 10.3. The van der Waals surface area contributed by atoms with Crippen LogP contribution in [-0.4, -0.2) is 18.8 Å². The molecule has 0 saturated carbocycles. The van der Waals surface area contributed by atoms with Crippen molar-refractivity contribution >= 4 is 14.2 Å². The van der Waals surface area contributed by atoms with Crippen LogP contribution in [0.3, 0.4) is 0 Å². The van der Waals surface area contributed by atoms with Crippen LogP contribution in [0.1, 0.15) is 5.69 Å². The number of rotatable bonds is 3. The number of imidazole rings is 1. The number of hydrogen-bond acceptors (Lipinski definition) is 1. The van der Waals surface area contributed by atoms with Gasteiger partial charge in [-0.05, 0) is 0 Å². The molecule has 1 N–H and O–H groups in total. The standard InChI is InChI=1S/C8H13N2Si/c1-4-5-7-6-9-8(10-7)11(2)3/h4,6H,1,5H2,2-3H3,(H,9,10). The van der Waals surface area contributed by atoms with Gasteiger partial charge >= 0.3 is 0 Å². The molecule has 1 aromatic rings. The van der Waals surface area contributed by atoms with E-state index in [-0.39, 0.29) is 0 Å². The minimum Gasteiger partial charge on any atom is -0.350 e. The van der Waals surface area contributed by atoms with Crippen molar-refractivity contribution in [2.24, 2.45) is 0 Å². The van der Waals surface area contributed by atoms with Crippen LogP contribution in [0.5, 0.6) is 0 Å². The molecular formula is C8H13N2Si. The van der Waals surface area contributed by atoms with Gasteiger partial charge in [0.25, 0.3) is 0 Å². The van der Waals surface area contributed by atoms with Crippen LogP contribution >= 0.6 is 0 Å². The van der Waals surface area contributed by atoms with Crippen molar-refractivity contribution in [2.45, 2.75) is 19.5 Å². The fraction of sp³-hybridized carbons (Fsp3) is 0.375. The van der Waals surface area contributed by atoms with E-state index in [1.807, 2.05) is 12.3 Å². The lowest BCUT2D eigenvalue weighted by molar-refractivity contribution is 1.17. The van der Waals surface area contributed by atoms with Gasteiger partial charge in [0, 0.05) is 18.3 Å². The Morgan fingerprint density at radius 3 is 2.91 bits per heavy atom. The Balaban J connectivity index is 2.73. The van der Waals surface area contributed by atoms with Crippen LogP contribution < -0.4 is 5.45 Å². The Hall–Kier alpha value is -0.833. The summed E-state index contributed by atoms with van der Waals surface area (Å²) in [5.41, 5.74) is 2.33. The molecule has 1 radical (unpaired) electrons. The molecule has 2 nitrogen and oxygen atoms in total. The van der Waals surface area contributed by atoms with Crippen LogP contribution in [0, 0.1) is 0 Å². The summed E-state index contributed by atoms with van der Waals surface area (Å²) in [7, 11) is -0.410. The molecule has 1 aromatic heterocycles. The largest absolute Gasteiger partial charge is 0.350 e. The number of nitrogens with zero attached hydrogens (tertiary/aromatic N) is 1. The Kier molecular flexibility index (Phi) is 2.65. The van der Waals surface area contributed by atoms with E-state index in [1.54, 1.807) is 0 Å². The number of aromatic nitrogens is 2. The molecule has 1 rings (SSSR count). The van der Waals surface area contributed by atoms with E-state index in [0.29, 0.717) is 0 Å². The van der Waals surface area contributed by atoms with Crippen molar-refractivity contribution in [2.75, 3.05) is 0 Å². The highest BCUT2D eigenvalue weighted by Crippen LogP contribution is 1.92. The van der Waals surface area contributed by atoms with E-state index < -0.39 is 8.80 Å². The predicted octanol–water partition coefficient (Wildman–Crippen LogP) is 1.10. The minimum absolute atomic E-state index is 0.410. The highest BCUT2D eigenvalue weighted by atomic mass is 28.3. The second kappa shape index (κ2) is 3.53. The van der Waals surface area contributed by atoms with Crippen LogP contribution in [0.4, 0.5) is 0 Å². The average molecular weight is 165 g/mol. The third kappa shape index (κ3) is 2.05. The first-order chi connectivity index (χ1) is 5.24. The quantitative estimate of drug-likeness (QED) is 0.527. The molecule has 0 unspecified atom stereocenters. The summed E-state index contributed by atoms with van der Waals surface area (Å²) in [4.78, 5) is 7.55. The molecule has 0 bridgehead atoms. The lowest BCUT2D eigenvalue weighted by Gasteiger charge is -1.94. The van der Waals surface area contributed by atoms with Gasteiger partial charge < -0.3 is 4.98 Å². The van der Waals surface area contributed by atoms with Gasteiger partial charge in [0.1, 0.15) is 8.80 Å². The summed E-state index contributed by atoms with van der Waals surface area (Å²) in [5.74, 6) is 0. The third-order valence-electron chi connectivity index (χ3n) is 1.47. The molecule has 0 aliphatic heterocycles. The topological polar surface area (TPSA) is 28.7 Å². The van der Waals surface area contributed by atoms with Crippen molar-refractivity contribution in [3.63, 3.8) is 0 Å². The molecule has 0 aliphatic carbocycles. The predicted molar refractivity (Wildman–Crippen MR) is 49.6 cm³/mol. The van der Waals surface area contributed by atoms with Crippen molar-refractivity contribution in [1.82, 2.24) is 9.97 Å². The summed E-state index contributed by atoms with van der Waals surface area (Å²) < 4.78 is 0. The van der Waals surface area contributed by atoms with Gasteiger partial charge in [0.15, 0.2) is 0 Å². The third-order valence-corrected chi connectivity index (χ3v) is 2.67. The SMILES string of the molecule is C=CCc1cnc([Si](C)C)[nH]1. The van der Waals surface area contributed by atoms with E-state index in [1.165, 1.54) is 5.69 Å². The van der Waals surface area contributed by atoms with Crippen molar-refractivity contribution in [1.29, 1.82) is 0 Å². The summed E-state index contributed by atoms with van der Waals surface area (Å²) in [6, 6.07) is 0. The number of hydrogen-bond donors (Lipinski definition) is 1. The first-order valence-electron chi connectivity index (χ1n) is 3.69. The fourth-order valence-corrected chi connectivity index (χ4v) is 1.61. The molecule has 59 valence electrons. The Morgan fingerprint density at radius 2 is 2.45 bits per heavy atom. The minimum atomic E-state index is -0.410. The molecular weight excluding hydrogens is 152 g/mol. The van der Waals surface area contributed by atoms with Crippen LogP contribution in [-0.2, 0) is 6.42 Å². The molecule has 0 saturated heterocycles. The smallest absolute Gasteiger partial charge is 0.127 e. The van der Waals surface area contributed by atoms with Gasteiger partial charge in [-0.3, -0.25) is 0 Å². The number of H-pyrrole nitrogens is 1. The van der Waals surface area contributed by atoms with E-state index in [9.17, 15) is 0 Å². The average Bonchev–Trinajstić information content (AvgIpc) is 2.37. The maximum absolute atomic E-state index is 4.28. The molecule has 0 amide bonds. The number of nitrogens with one attached hydrogen (secondary N) is 1. The van der Waals surface area contributed by atoms with E-state index >= 15 is 0 Å². The molecule has 0 spiro atoms. The normalized spacial score (nSPS) is 10.5. The van der Waals surface area contributed by atoms with Gasteiger partial charge in [-0.2, -0.15) is 0 Å². The molecule has 0 fully saturated rings. The van der Waals surface area contributed by atoms with Crippen molar-refractivity contribution in [3.05, 3.63) is 24.5 Å². The van der Waals surface area contributed by atoms with Gasteiger partial charge in [-0.25, -0.2) is 4.98 Å². The van der Waals surface area contributed by atoms with E-state index in [0.717, 1.165) is 11.9 Å². The molecule has 1 heterocycles. The van der Waals surface area contributed by atoms with Gasteiger partial charge in [0.05, 0.1) is 5.45 Å². The molecule has 11 heavy (non-hydrogen) atoms. The maximum Gasteiger partial charge on any atom is 0.127 e. The number of aromatic amines is 1. The molecule has 0 aromatic carbocycles. The van der Waals surface area contributed by atoms with Gasteiger partial charge in [-0.1, -0.05) is 19.2 Å². The highest BCUT2D eigenvalue weighted by molar-refractivity contribution is 6.69. The Labute approximate surface area is 69.0 Å². The monoisotopic (exact) mass is 165 g/mol. The summed E-state index contributed by atoms with van der Waals surface area (Å²) in [6.07, 6.45) is 4.67. The van der Waals surface area contributed by atoms with E-state index in [4.69, 9.17) is 0 Å². The molecule has 3 heteroatoms. The first kappa shape index (κ1) is 8.27.